The summed E-state index contributed by atoms with van der Waals surface area (Å²) in [7, 11) is 0. The van der Waals surface area contributed by atoms with E-state index in [9.17, 15) is 0 Å². The second-order valence-corrected chi connectivity index (χ2v) is 5.43. The Labute approximate surface area is 110 Å². The Bertz CT molecular complexity index is 497. The van der Waals surface area contributed by atoms with Crippen LogP contribution in [0.5, 0.6) is 0 Å². The summed E-state index contributed by atoms with van der Waals surface area (Å²) in [6.07, 6.45) is 1.26. The molecule has 98 valence electrons. The van der Waals surface area contributed by atoms with Gasteiger partial charge in [0.25, 0.3) is 0 Å². The lowest BCUT2D eigenvalue weighted by Crippen LogP contribution is -2.22. The van der Waals surface area contributed by atoms with Crippen LogP contribution in [0.4, 0.5) is 0 Å². The largest absolute Gasteiger partial charge is 0.344 e. The number of aryl methyl sites for hydroxylation is 1. The predicted octanol–water partition coefficient (Wildman–Crippen LogP) is 3.59. The number of fused-ring (bicyclic) bond motifs is 1. The zero-order valence-corrected chi connectivity index (χ0v) is 11.7. The molecule has 2 nitrogen and oxygen atoms in total. The van der Waals surface area contributed by atoms with Gasteiger partial charge in [-0.15, -0.1) is 0 Å². The van der Waals surface area contributed by atoms with Gasteiger partial charge in [-0.25, -0.2) is 0 Å². The molecule has 0 unspecified atom stereocenters. The molecular formula is C16H24N2. The molecule has 1 N–H and O–H groups in total. The number of nitrogens with one attached hydrogen (secondary N) is 1. The first-order valence-corrected chi connectivity index (χ1v) is 6.94. The van der Waals surface area contributed by atoms with E-state index in [1.807, 2.05) is 0 Å². The molecule has 0 spiro atoms. The van der Waals surface area contributed by atoms with E-state index in [4.69, 9.17) is 0 Å². The van der Waals surface area contributed by atoms with Gasteiger partial charge in [0.2, 0.25) is 0 Å². The van der Waals surface area contributed by atoms with Crippen molar-refractivity contribution >= 4 is 10.9 Å². The number of para-hydroxylation sites is 1. The summed E-state index contributed by atoms with van der Waals surface area (Å²) >= 11 is 0. The van der Waals surface area contributed by atoms with Gasteiger partial charge in [0, 0.05) is 24.3 Å². The Morgan fingerprint density at radius 3 is 2.72 bits per heavy atom. The van der Waals surface area contributed by atoms with Crippen LogP contribution in [0.15, 0.2) is 30.3 Å². The van der Waals surface area contributed by atoms with Crippen LogP contribution in [-0.4, -0.2) is 17.7 Å². The highest BCUT2D eigenvalue weighted by Gasteiger charge is 2.03. The van der Waals surface area contributed by atoms with Crippen LogP contribution in [-0.2, 0) is 6.54 Å². The average molecular weight is 244 g/mol. The van der Waals surface area contributed by atoms with Crippen molar-refractivity contribution in [3.63, 3.8) is 0 Å². The number of rotatable bonds is 6. The summed E-state index contributed by atoms with van der Waals surface area (Å²) in [6.45, 7) is 9.95. The third-order valence-electron chi connectivity index (χ3n) is 3.43. The first-order chi connectivity index (χ1) is 8.68. The average Bonchev–Trinajstić information content (AvgIpc) is 2.65. The molecule has 0 saturated carbocycles. The maximum atomic E-state index is 3.53. The van der Waals surface area contributed by atoms with E-state index in [0.29, 0.717) is 0 Å². The predicted molar refractivity (Wildman–Crippen MR) is 79.0 cm³/mol. The summed E-state index contributed by atoms with van der Waals surface area (Å²) < 4.78 is 2.40. The number of hydrogen-bond acceptors (Lipinski definition) is 1. The highest BCUT2D eigenvalue weighted by atomic mass is 15.0. The Hall–Kier alpha value is -1.28. The minimum Gasteiger partial charge on any atom is -0.344 e. The van der Waals surface area contributed by atoms with E-state index in [1.165, 1.54) is 23.0 Å². The molecule has 0 fully saturated rings. The van der Waals surface area contributed by atoms with Gasteiger partial charge < -0.3 is 9.88 Å². The lowest BCUT2D eigenvalue weighted by Gasteiger charge is -2.10. The van der Waals surface area contributed by atoms with Crippen LogP contribution in [0.3, 0.4) is 0 Å². The highest BCUT2D eigenvalue weighted by molar-refractivity contribution is 5.81. The molecule has 0 saturated heterocycles. The van der Waals surface area contributed by atoms with Crippen LogP contribution in [0.1, 0.15) is 26.0 Å². The van der Waals surface area contributed by atoms with Crippen molar-refractivity contribution in [2.45, 2.75) is 33.7 Å². The Balaban J connectivity index is 1.93. The number of nitrogens with zero attached hydrogens (tertiary/aromatic N) is 1. The molecular weight excluding hydrogens is 220 g/mol. The van der Waals surface area contributed by atoms with Gasteiger partial charge in [-0.1, -0.05) is 32.0 Å². The molecule has 1 heterocycles. The van der Waals surface area contributed by atoms with Gasteiger partial charge in [0.15, 0.2) is 0 Å². The Morgan fingerprint density at radius 2 is 1.94 bits per heavy atom. The Morgan fingerprint density at radius 1 is 1.17 bits per heavy atom. The van der Waals surface area contributed by atoms with E-state index in [2.05, 4.69) is 61.0 Å². The normalized spacial score (nSPS) is 11.6. The summed E-state index contributed by atoms with van der Waals surface area (Å²) in [5.74, 6) is 0.784. The van der Waals surface area contributed by atoms with Crippen molar-refractivity contribution in [1.29, 1.82) is 0 Å². The highest BCUT2D eigenvalue weighted by Crippen LogP contribution is 2.18. The molecule has 0 amide bonds. The molecule has 0 radical (unpaired) electrons. The van der Waals surface area contributed by atoms with Crippen LogP contribution < -0.4 is 5.32 Å². The van der Waals surface area contributed by atoms with Crippen molar-refractivity contribution in [3.05, 3.63) is 36.0 Å². The second kappa shape index (κ2) is 6.05. The lowest BCUT2D eigenvalue weighted by molar-refractivity contribution is 0.521. The fourth-order valence-electron chi connectivity index (χ4n) is 2.35. The monoisotopic (exact) mass is 244 g/mol. The molecule has 2 aromatic rings. The fourth-order valence-corrected chi connectivity index (χ4v) is 2.35. The van der Waals surface area contributed by atoms with Gasteiger partial charge >= 0.3 is 0 Å². The van der Waals surface area contributed by atoms with Crippen molar-refractivity contribution in [2.75, 3.05) is 13.1 Å². The zero-order valence-electron chi connectivity index (χ0n) is 11.7. The van der Waals surface area contributed by atoms with Crippen LogP contribution in [0.2, 0.25) is 0 Å². The molecule has 0 aliphatic heterocycles. The maximum absolute atomic E-state index is 3.53. The van der Waals surface area contributed by atoms with E-state index in [-0.39, 0.29) is 0 Å². The summed E-state index contributed by atoms with van der Waals surface area (Å²) in [5.41, 5.74) is 2.70. The smallest absolute Gasteiger partial charge is 0.0482 e. The van der Waals surface area contributed by atoms with E-state index < -0.39 is 0 Å². The molecule has 2 rings (SSSR count). The summed E-state index contributed by atoms with van der Waals surface area (Å²) in [6, 6.07) is 10.9. The van der Waals surface area contributed by atoms with Gasteiger partial charge in [-0.3, -0.25) is 0 Å². The topological polar surface area (TPSA) is 17.0 Å². The van der Waals surface area contributed by atoms with Gasteiger partial charge in [0.05, 0.1) is 0 Å². The van der Waals surface area contributed by atoms with Crippen LogP contribution >= 0.6 is 0 Å². The number of benzene rings is 1. The fraction of sp³-hybridized carbons (Fsp3) is 0.500. The van der Waals surface area contributed by atoms with Crippen molar-refractivity contribution in [3.8, 4) is 0 Å². The first-order valence-electron chi connectivity index (χ1n) is 6.94. The molecule has 0 atom stereocenters. The number of hydrogen-bond donors (Lipinski definition) is 1. The van der Waals surface area contributed by atoms with E-state index in [0.717, 1.165) is 25.6 Å². The first kappa shape index (κ1) is 13.2. The molecule has 0 aliphatic rings. The van der Waals surface area contributed by atoms with E-state index >= 15 is 0 Å². The van der Waals surface area contributed by atoms with E-state index in [1.54, 1.807) is 0 Å². The summed E-state index contributed by atoms with van der Waals surface area (Å²) in [4.78, 5) is 0. The van der Waals surface area contributed by atoms with Crippen molar-refractivity contribution in [1.82, 2.24) is 9.88 Å². The minimum absolute atomic E-state index is 0.784. The van der Waals surface area contributed by atoms with Gasteiger partial charge in [0.1, 0.15) is 0 Å². The second-order valence-electron chi connectivity index (χ2n) is 5.43. The van der Waals surface area contributed by atoms with Gasteiger partial charge in [-0.2, -0.15) is 0 Å². The molecule has 0 aliphatic carbocycles. The third-order valence-corrected chi connectivity index (χ3v) is 3.43. The third kappa shape index (κ3) is 3.14. The summed E-state index contributed by atoms with van der Waals surface area (Å²) in [5, 5.41) is 4.87. The molecule has 0 bridgehead atoms. The van der Waals surface area contributed by atoms with Crippen molar-refractivity contribution in [2.24, 2.45) is 5.92 Å². The molecule has 1 aromatic carbocycles. The lowest BCUT2D eigenvalue weighted by atomic mass is 10.1. The quantitative estimate of drug-likeness (QED) is 0.768. The molecule has 1 aromatic heterocycles. The Kier molecular flexibility index (Phi) is 4.43. The van der Waals surface area contributed by atoms with Gasteiger partial charge in [-0.05, 0) is 43.3 Å². The number of aromatic nitrogens is 1. The van der Waals surface area contributed by atoms with Crippen molar-refractivity contribution < 1.29 is 0 Å². The minimum atomic E-state index is 0.784. The molecule has 2 heteroatoms. The SMILES string of the molecule is Cc1cc2ccccc2n1CCNCCC(C)C. The van der Waals surface area contributed by atoms with Crippen LogP contribution in [0.25, 0.3) is 10.9 Å². The molecule has 18 heavy (non-hydrogen) atoms. The standard InChI is InChI=1S/C16H24N2/c1-13(2)8-9-17-10-11-18-14(3)12-15-6-4-5-7-16(15)18/h4-7,12-13,17H,8-11H2,1-3H3. The zero-order chi connectivity index (χ0) is 13.0. The van der Waals surface area contributed by atoms with Crippen LogP contribution in [0, 0.1) is 12.8 Å². The maximum Gasteiger partial charge on any atom is 0.0482 e.